The second-order valence-electron chi connectivity index (χ2n) is 7.46. The van der Waals surface area contributed by atoms with Crippen molar-refractivity contribution in [3.05, 3.63) is 41.0 Å². The van der Waals surface area contributed by atoms with Crippen molar-refractivity contribution in [2.75, 3.05) is 11.4 Å². The molecule has 6 heteroatoms. The fraction of sp³-hybridized carbons (Fsp3) is 0.571. The maximum absolute atomic E-state index is 13.0. The zero-order valence-electron chi connectivity index (χ0n) is 16.8. The molecule has 1 aliphatic rings. The van der Waals surface area contributed by atoms with Crippen molar-refractivity contribution in [3.8, 4) is 0 Å². The number of hydrogen-bond donors (Lipinski definition) is 1. The first-order valence-electron chi connectivity index (χ1n) is 10.1. The van der Waals surface area contributed by atoms with E-state index in [2.05, 4.69) is 52.1 Å². The molecule has 0 bridgehead atoms. The summed E-state index contributed by atoms with van der Waals surface area (Å²) in [5.41, 5.74) is 3.17. The van der Waals surface area contributed by atoms with Crippen LogP contribution in [0.25, 0.3) is 0 Å². The van der Waals surface area contributed by atoms with Crippen molar-refractivity contribution in [3.63, 3.8) is 0 Å². The van der Waals surface area contributed by atoms with Crippen LogP contribution in [0.5, 0.6) is 0 Å². The average Bonchev–Trinajstić information content (AvgIpc) is 2.87. The topological polar surface area (TPSA) is 63.1 Å². The molecule has 3 rings (SSSR count). The Labute approximate surface area is 162 Å². The second-order valence-corrected chi connectivity index (χ2v) is 7.46. The number of anilines is 1. The van der Waals surface area contributed by atoms with Crippen LogP contribution < -0.4 is 10.2 Å². The molecule has 0 aliphatic carbocycles. The van der Waals surface area contributed by atoms with Crippen molar-refractivity contribution in [1.29, 1.82) is 0 Å². The lowest BCUT2D eigenvalue weighted by Gasteiger charge is -2.25. The molecular weight excluding hydrogens is 338 g/mol. The van der Waals surface area contributed by atoms with Crippen molar-refractivity contribution in [1.82, 2.24) is 20.1 Å². The minimum Gasteiger partial charge on any atom is -0.338 e. The molecule has 27 heavy (non-hydrogen) atoms. The van der Waals surface area contributed by atoms with Crippen LogP contribution >= 0.6 is 0 Å². The largest absolute Gasteiger partial charge is 0.338 e. The van der Waals surface area contributed by atoms with Gasteiger partial charge in [-0.15, -0.1) is 10.2 Å². The molecule has 0 saturated carbocycles. The van der Waals surface area contributed by atoms with E-state index in [0.717, 1.165) is 67.1 Å². The van der Waals surface area contributed by atoms with E-state index in [4.69, 9.17) is 0 Å². The number of urea groups is 1. The Bertz CT molecular complexity index is 783. The number of amides is 2. The van der Waals surface area contributed by atoms with Gasteiger partial charge in [0.05, 0.1) is 6.54 Å². The van der Waals surface area contributed by atoms with Gasteiger partial charge in [0.15, 0.2) is 5.82 Å². The van der Waals surface area contributed by atoms with E-state index in [-0.39, 0.29) is 6.03 Å². The molecule has 0 atom stereocenters. The van der Waals surface area contributed by atoms with Gasteiger partial charge in [-0.05, 0) is 50.3 Å². The Morgan fingerprint density at radius 1 is 1.22 bits per heavy atom. The Hall–Kier alpha value is -2.37. The first kappa shape index (κ1) is 19.4. The summed E-state index contributed by atoms with van der Waals surface area (Å²) in [6.45, 7) is 8.30. The van der Waals surface area contributed by atoms with E-state index in [1.807, 2.05) is 11.8 Å². The standard InChI is InChI=1S/C21H31N5O/c1-4-5-12-22-21(27)26(18-14-16(2)10-11-17(18)3)15-20-24-23-19-9-7-6-8-13-25(19)20/h10-11,14H,4-9,12-13,15H2,1-3H3,(H,22,27). The molecule has 146 valence electrons. The molecule has 0 unspecified atom stereocenters. The van der Waals surface area contributed by atoms with Gasteiger partial charge in [-0.2, -0.15) is 0 Å². The molecule has 2 aromatic rings. The minimum absolute atomic E-state index is 0.0666. The lowest BCUT2D eigenvalue weighted by Crippen LogP contribution is -2.41. The molecule has 6 nitrogen and oxygen atoms in total. The third kappa shape index (κ3) is 4.67. The average molecular weight is 370 g/mol. The number of rotatable bonds is 6. The Morgan fingerprint density at radius 3 is 2.89 bits per heavy atom. The molecule has 0 spiro atoms. The minimum atomic E-state index is -0.0666. The van der Waals surface area contributed by atoms with Crippen LogP contribution in [0.15, 0.2) is 18.2 Å². The summed E-state index contributed by atoms with van der Waals surface area (Å²) >= 11 is 0. The van der Waals surface area contributed by atoms with Crippen molar-refractivity contribution in [2.45, 2.75) is 72.4 Å². The highest BCUT2D eigenvalue weighted by Crippen LogP contribution is 2.24. The molecule has 1 N–H and O–H groups in total. The lowest BCUT2D eigenvalue weighted by atomic mass is 10.1. The van der Waals surface area contributed by atoms with Crippen LogP contribution in [0.4, 0.5) is 10.5 Å². The smallest absolute Gasteiger partial charge is 0.322 e. The zero-order chi connectivity index (χ0) is 19.2. The first-order chi connectivity index (χ1) is 13.1. The SMILES string of the molecule is CCCCNC(=O)N(Cc1nnc2n1CCCCC2)c1cc(C)ccc1C. The van der Waals surface area contributed by atoms with E-state index < -0.39 is 0 Å². The number of carbonyl (C=O) groups excluding carboxylic acids is 1. The van der Waals surface area contributed by atoms with Gasteiger partial charge in [0.2, 0.25) is 0 Å². The van der Waals surface area contributed by atoms with E-state index in [9.17, 15) is 4.79 Å². The molecule has 1 aliphatic heterocycles. The molecule has 0 radical (unpaired) electrons. The van der Waals surface area contributed by atoms with E-state index in [1.165, 1.54) is 6.42 Å². The number of benzene rings is 1. The van der Waals surface area contributed by atoms with Crippen molar-refractivity contribution in [2.24, 2.45) is 0 Å². The monoisotopic (exact) mass is 369 g/mol. The second kappa shape index (κ2) is 9.02. The fourth-order valence-corrected chi connectivity index (χ4v) is 3.55. The number of fused-ring (bicyclic) bond motifs is 1. The normalized spacial score (nSPS) is 13.7. The molecular formula is C21H31N5O. The van der Waals surface area contributed by atoms with E-state index in [1.54, 1.807) is 0 Å². The number of nitrogens with zero attached hydrogens (tertiary/aromatic N) is 4. The lowest BCUT2D eigenvalue weighted by molar-refractivity contribution is 0.245. The summed E-state index contributed by atoms with van der Waals surface area (Å²) in [5.74, 6) is 1.92. The summed E-state index contributed by atoms with van der Waals surface area (Å²) in [6, 6.07) is 6.16. The third-order valence-electron chi connectivity index (χ3n) is 5.19. The maximum atomic E-state index is 13.0. The van der Waals surface area contributed by atoms with Crippen LogP contribution in [0.2, 0.25) is 0 Å². The number of carbonyl (C=O) groups is 1. The van der Waals surface area contributed by atoms with Gasteiger partial charge in [0.25, 0.3) is 0 Å². The number of unbranched alkanes of at least 4 members (excludes halogenated alkanes) is 1. The quantitative estimate of drug-likeness (QED) is 0.779. The predicted octanol–water partition coefficient (Wildman–Crippen LogP) is 4.14. The number of aryl methyl sites for hydroxylation is 3. The van der Waals surface area contributed by atoms with Gasteiger partial charge in [-0.1, -0.05) is 31.9 Å². The first-order valence-corrected chi connectivity index (χ1v) is 10.1. The van der Waals surface area contributed by atoms with Crippen molar-refractivity contribution >= 4 is 11.7 Å². The Kier molecular flexibility index (Phi) is 6.48. The van der Waals surface area contributed by atoms with Gasteiger partial charge in [-0.25, -0.2) is 4.79 Å². The Morgan fingerprint density at radius 2 is 2.07 bits per heavy atom. The summed E-state index contributed by atoms with van der Waals surface area (Å²) in [6.07, 6.45) is 6.54. The highest BCUT2D eigenvalue weighted by molar-refractivity contribution is 5.92. The van der Waals surface area contributed by atoms with Crippen molar-refractivity contribution < 1.29 is 4.79 Å². The maximum Gasteiger partial charge on any atom is 0.322 e. The van der Waals surface area contributed by atoms with Gasteiger partial charge >= 0.3 is 6.03 Å². The van der Waals surface area contributed by atoms with Gasteiger partial charge in [0, 0.05) is 25.2 Å². The fourth-order valence-electron chi connectivity index (χ4n) is 3.55. The summed E-state index contributed by atoms with van der Waals surface area (Å²) in [4.78, 5) is 14.8. The van der Waals surface area contributed by atoms with Gasteiger partial charge < -0.3 is 9.88 Å². The highest BCUT2D eigenvalue weighted by Gasteiger charge is 2.22. The molecule has 2 heterocycles. The summed E-state index contributed by atoms with van der Waals surface area (Å²) < 4.78 is 2.21. The van der Waals surface area contributed by atoms with Gasteiger partial charge in [-0.3, -0.25) is 4.90 Å². The number of nitrogens with one attached hydrogen (secondary N) is 1. The van der Waals surface area contributed by atoms with Crippen LogP contribution in [0.1, 0.15) is 61.8 Å². The van der Waals surface area contributed by atoms with Crippen LogP contribution in [-0.2, 0) is 19.5 Å². The van der Waals surface area contributed by atoms with E-state index >= 15 is 0 Å². The molecule has 0 saturated heterocycles. The van der Waals surface area contributed by atoms with Gasteiger partial charge in [0.1, 0.15) is 5.82 Å². The predicted molar refractivity (Wildman–Crippen MR) is 108 cm³/mol. The molecule has 0 fully saturated rings. The third-order valence-corrected chi connectivity index (χ3v) is 5.19. The van der Waals surface area contributed by atoms with E-state index in [0.29, 0.717) is 13.1 Å². The van der Waals surface area contributed by atoms with Crippen LogP contribution in [0.3, 0.4) is 0 Å². The summed E-state index contributed by atoms with van der Waals surface area (Å²) in [5, 5.41) is 11.9. The number of hydrogen-bond acceptors (Lipinski definition) is 3. The highest BCUT2D eigenvalue weighted by atomic mass is 16.2. The molecule has 1 aromatic heterocycles. The zero-order valence-corrected chi connectivity index (χ0v) is 16.8. The Balaban J connectivity index is 1.89. The molecule has 1 aromatic carbocycles. The van der Waals surface area contributed by atoms with Crippen LogP contribution in [0, 0.1) is 13.8 Å². The van der Waals surface area contributed by atoms with Crippen LogP contribution in [-0.4, -0.2) is 27.3 Å². The molecule has 2 amide bonds. The number of aromatic nitrogens is 3. The summed E-state index contributed by atoms with van der Waals surface area (Å²) in [7, 11) is 0.